The number of nitrogen functional groups attached to an aromatic ring is 1. The fraction of sp³-hybridized carbons (Fsp3) is 0.240. The summed E-state index contributed by atoms with van der Waals surface area (Å²) >= 11 is 0. The molecular weight excluding hydrogens is 416 g/mol. The molecule has 1 amide bonds. The first kappa shape index (κ1) is 22.3. The molecule has 0 saturated carbocycles. The Morgan fingerprint density at radius 2 is 1.79 bits per heavy atom. The lowest BCUT2D eigenvalue weighted by Gasteiger charge is -2.18. The van der Waals surface area contributed by atoms with Crippen LogP contribution in [0.15, 0.2) is 67.1 Å². The first-order chi connectivity index (χ1) is 15.9. The molecule has 3 N–H and O–H groups in total. The molecule has 0 aliphatic heterocycles. The highest BCUT2D eigenvalue weighted by molar-refractivity contribution is 6.01. The summed E-state index contributed by atoms with van der Waals surface area (Å²) < 4.78 is 7.71. The average molecular weight is 445 g/mol. The average Bonchev–Trinajstić information content (AvgIpc) is 3.14. The number of hydrogen-bond donors (Lipinski definition) is 2. The number of aromatic nitrogens is 3. The molecule has 0 saturated heterocycles. The van der Waals surface area contributed by atoms with E-state index in [2.05, 4.69) is 15.3 Å². The van der Waals surface area contributed by atoms with E-state index in [-0.39, 0.29) is 18.5 Å². The fourth-order valence-electron chi connectivity index (χ4n) is 3.88. The predicted octanol–water partition coefficient (Wildman–Crippen LogP) is 3.54. The van der Waals surface area contributed by atoms with Crippen LogP contribution in [-0.4, -0.2) is 52.0 Å². The number of para-hydroxylation sites is 1. The lowest BCUT2D eigenvalue weighted by molar-refractivity contribution is -0.122. The molecule has 2 heterocycles. The van der Waals surface area contributed by atoms with E-state index in [1.807, 2.05) is 91.3 Å². The molecule has 4 rings (SSSR count). The van der Waals surface area contributed by atoms with Crippen molar-refractivity contribution < 1.29 is 9.53 Å². The topological polar surface area (TPSA) is 98.3 Å². The van der Waals surface area contributed by atoms with Crippen LogP contribution < -0.4 is 15.8 Å². The molecule has 8 nitrogen and oxygen atoms in total. The second-order valence-electron chi connectivity index (χ2n) is 8.30. The van der Waals surface area contributed by atoms with E-state index in [9.17, 15) is 4.79 Å². The summed E-state index contributed by atoms with van der Waals surface area (Å²) in [5.41, 5.74) is 8.63. The third-order valence-corrected chi connectivity index (χ3v) is 5.19. The summed E-state index contributed by atoms with van der Waals surface area (Å²) in [4.78, 5) is 23.3. The highest BCUT2D eigenvalue weighted by atomic mass is 16.5. The third kappa shape index (κ3) is 5.30. The summed E-state index contributed by atoms with van der Waals surface area (Å²) in [6.45, 7) is 2.88. The quantitative estimate of drug-likeness (QED) is 0.431. The van der Waals surface area contributed by atoms with Gasteiger partial charge in [0.15, 0.2) is 0 Å². The molecule has 170 valence electrons. The van der Waals surface area contributed by atoms with Crippen LogP contribution in [0.3, 0.4) is 0 Å². The fourth-order valence-corrected chi connectivity index (χ4v) is 3.88. The Hall–Kier alpha value is -3.91. The van der Waals surface area contributed by atoms with Gasteiger partial charge in [0.1, 0.15) is 35.8 Å². The van der Waals surface area contributed by atoms with Crippen molar-refractivity contribution in [2.24, 2.45) is 0 Å². The van der Waals surface area contributed by atoms with Crippen LogP contribution in [0.25, 0.3) is 22.2 Å². The van der Waals surface area contributed by atoms with Crippen LogP contribution in [-0.2, 0) is 11.3 Å². The summed E-state index contributed by atoms with van der Waals surface area (Å²) in [5, 5.41) is 3.75. The lowest BCUT2D eigenvalue weighted by atomic mass is 10.1. The standard InChI is InChI=1S/C25H28N6O2/c1-17(13-30(2)3)29-22(32)15-31-14-21(23-24(26)27-16-28-25(23)31)18-9-11-20(12-10-18)33-19-7-5-4-6-8-19/h4-12,14,16-17H,13,15H2,1-3H3,(H,29,32)(H2,26,27,28). The number of amides is 1. The number of benzene rings is 2. The molecule has 0 spiro atoms. The van der Waals surface area contributed by atoms with Crippen molar-refractivity contribution in [3.8, 4) is 22.6 Å². The van der Waals surface area contributed by atoms with E-state index < -0.39 is 0 Å². The summed E-state index contributed by atoms with van der Waals surface area (Å²) in [7, 11) is 3.95. The Balaban J connectivity index is 1.60. The molecule has 0 aliphatic carbocycles. The number of nitrogens with two attached hydrogens (primary N) is 1. The minimum Gasteiger partial charge on any atom is -0.457 e. The second kappa shape index (κ2) is 9.70. The largest absolute Gasteiger partial charge is 0.457 e. The Kier molecular flexibility index (Phi) is 6.55. The van der Waals surface area contributed by atoms with Crippen LogP contribution in [0.2, 0.25) is 0 Å². The smallest absolute Gasteiger partial charge is 0.240 e. The summed E-state index contributed by atoms with van der Waals surface area (Å²) in [6, 6.07) is 17.4. The number of likely N-dealkylation sites (N-methyl/N-ethyl adjacent to an activating group) is 1. The number of fused-ring (bicyclic) bond motifs is 1. The molecule has 0 bridgehead atoms. The molecule has 0 aliphatic rings. The van der Waals surface area contributed by atoms with Crippen LogP contribution in [0, 0.1) is 0 Å². The van der Waals surface area contributed by atoms with Crippen molar-refractivity contribution >= 4 is 22.8 Å². The summed E-state index contributed by atoms with van der Waals surface area (Å²) in [5.74, 6) is 1.79. The zero-order valence-corrected chi connectivity index (χ0v) is 19.0. The van der Waals surface area contributed by atoms with E-state index in [0.29, 0.717) is 11.5 Å². The van der Waals surface area contributed by atoms with Gasteiger partial charge in [-0.25, -0.2) is 9.97 Å². The number of hydrogen-bond acceptors (Lipinski definition) is 6. The van der Waals surface area contributed by atoms with Crippen molar-refractivity contribution in [2.75, 3.05) is 26.4 Å². The lowest BCUT2D eigenvalue weighted by Crippen LogP contribution is -2.40. The second-order valence-corrected chi connectivity index (χ2v) is 8.30. The minimum atomic E-state index is -0.0865. The van der Waals surface area contributed by atoms with E-state index in [0.717, 1.165) is 34.6 Å². The van der Waals surface area contributed by atoms with Crippen LogP contribution in [0.4, 0.5) is 5.82 Å². The van der Waals surface area contributed by atoms with Crippen LogP contribution in [0.5, 0.6) is 11.5 Å². The molecule has 4 aromatic rings. The molecule has 1 atom stereocenters. The van der Waals surface area contributed by atoms with Crippen molar-refractivity contribution in [1.29, 1.82) is 0 Å². The number of nitrogens with zero attached hydrogens (tertiary/aromatic N) is 4. The molecule has 0 radical (unpaired) electrons. The zero-order valence-electron chi connectivity index (χ0n) is 19.0. The number of carbonyl (C=O) groups is 1. The molecular formula is C25H28N6O2. The molecule has 2 aromatic carbocycles. The molecule has 8 heteroatoms. The van der Waals surface area contributed by atoms with E-state index >= 15 is 0 Å². The molecule has 2 aromatic heterocycles. The highest BCUT2D eigenvalue weighted by Gasteiger charge is 2.17. The van der Waals surface area contributed by atoms with Crippen molar-refractivity contribution in [1.82, 2.24) is 24.8 Å². The Morgan fingerprint density at radius 3 is 2.48 bits per heavy atom. The van der Waals surface area contributed by atoms with Crippen molar-refractivity contribution in [3.63, 3.8) is 0 Å². The van der Waals surface area contributed by atoms with Gasteiger partial charge in [0.2, 0.25) is 5.91 Å². The maximum atomic E-state index is 12.7. The Labute approximate surface area is 193 Å². The van der Waals surface area contributed by atoms with E-state index in [4.69, 9.17) is 10.5 Å². The van der Waals surface area contributed by atoms with E-state index in [1.54, 1.807) is 0 Å². The van der Waals surface area contributed by atoms with Gasteiger partial charge in [0.25, 0.3) is 0 Å². The zero-order chi connectivity index (χ0) is 23.4. The van der Waals surface area contributed by atoms with Gasteiger partial charge in [0, 0.05) is 24.3 Å². The van der Waals surface area contributed by atoms with Gasteiger partial charge in [-0.05, 0) is 50.8 Å². The maximum absolute atomic E-state index is 12.7. The molecule has 33 heavy (non-hydrogen) atoms. The molecule has 1 unspecified atom stereocenters. The van der Waals surface area contributed by atoms with Gasteiger partial charge in [-0.3, -0.25) is 4.79 Å². The van der Waals surface area contributed by atoms with Gasteiger partial charge in [-0.15, -0.1) is 0 Å². The molecule has 0 fully saturated rings. The van der Waals surface area contributed by atoms with Gasteiger partial charge < -0.3 is 25.3 Å². The van der Waals surface area contributed by atoms with Gasteiger partial charge in [-0.1, -0.05) is 30.3 Å². The van der Waals surface area contributed by atoms with Gasteiger partial charge >= 0.3 is 0 Å². The first-order valence-electron chi connectivity index (χ1n) is 10.8. The maximum Gasteiger partial charge on any atom is 0.240 e. The minimum absolute atomic E-state index is 0.0330. The summed E-state index contributed by atoms with van der Waals surface area (Å²) in [6.07, 6.45) is 3.32. The number of carbonyl (C=O) groups excluding carboxylic acids is 1. The number of anilines is 1. The van der Waals surface area contributed by atoms with Crippen LogP contribution >= 0.6 is 0 Å². The predicted molar refractivity (Wildman–Crippen MR) is 130 cm³/mol. The number of nitrogens with one attached hydrogen (secondary N) is 1. The van der Waals surface area contributed by atoms with Gasteiger partial charge in [-0.2, -0.15) is 0 Å². The number of ether oxygens (including phenoxy) is 1. The van der Waals surface area contributed by atoms with Gasteiger partial charge in [0.05, 0.1) is 5.39 Å². The van der Waals surface area contributed by atoms with Crippen molar-refractivity contribution in [3.05, 3.63) is 67.1 Å². The SMILES string of the molecule is CC(CN(C)C)NC(=O)Cn1cc(-c2ccc(Oc3ccccc3)cc2)c2c(N)ncnc21. The van der Waals surface area contributed by atoms with Crippen LogP contribution in [0.1, 0.15) is 6.92 Å². The Morgan fingerprint density at radius 1 is 1.09 bits per heavy atom. The van der Waals surface area contributed by atoms with Crippen molar-refractivity contribution in [2.45, 2.75) is 19.5 Å². The first-order valence-corrected chi connectivity index (χ1v) is 10.8. The Bertz CT molecular complexity index is 1240. The third-order valence-electron chi connectivity index (χ3n) is 5.19. The van der Waals surface area contributed by atoms with E-state index in [1.165, 1.54) is 6.33 Å². The highest BCUT2D eigenvalue weighted by Crippen LogP contribution is 2.34. The normalized spacial score (nSPS) is 12.1. The number of rotatable bonds is 8. The monoisotopic (exact) mass is 444 g/mol.